The van der Waals surface area contributed by atoms with Crippen LogP contribution in [0.25, 0.3) is 0 Å². The Kier molecular flexibility index (Phi) is 6.91. The van der Waals surface area contributed by atoms with E-state index in [9.17, 15) is 18.4 Å². The Hall–Kier alpha value is -2.67. The Bertz CT molecular complexity index is 787. The van der Waals surface area contributed by atoms with E-state index in [1.165, 1.54) is 13.0 Å². The molecule has 2 rings (SSSR count). The zero-order valence-corrected chi connectivity index (χ0v) is 14.6. The third-order valence-corrected chi connectivity index (χ3v) is 3.83. The molecule has 0 saturated carbocycles. The number of rotatable bonds is 7. The maximum absolute atomic E-state index is 12.4. The molecule has 0 aromatic heterocycles. The fourth-order valence-corrected chi connectivity index (χ4v) is 2.40. The number of nitrogens with one attached hydrogen (secondary N) is 2. The van der Waals surface area contributed by atoms with Crippen LogP contribution in [-0.4, -0.2) is 24.5 Å². The second-order valence-corrected chi connectivity index (χ2v) is 5.79. The van der Waals surface area contributed by atoms with Gasteiger partial charge in [0.2, 0.25) is 5.91 Å². The van der Waals surface area contributed by atoms with Crippen molar-refractivity contribution in [1.29, 1.82) is 0 Å². The summed E-state index contributed by atoms with van der Waals surface area (Å²) in [5.41, 5.74) is 0.648. The number of benzene rings is 2. The molecule has 2 aromatic carbocycles. The monoisotopic (exact) mass is 382 g/mol. The lowest BCUT2D eigenvalue weighted by Gasteiger charge is -2.16. The van der Waals surface area contributed by atoms with Crippen LogP contribution >= 0.6 is 11.6 Å². The first-order chi connectivity index (χ1) is 12.4. The zero-order chi connectivity index (χ0) is 19.1. The van der Waals surface area contributed by atoms with Crippen molar-refractivity contribution in [2.75, 3.05) is 0 Å². The van der Waals surface area contributed by atoms with Gasteiger partial charge >= 0.3 is 6.61 Å². The molecule has 0 fully saturated rings. The van der Waals surface area contributed by atoms with Crippen LogP contribution in [0.2, 0.25) is 5.02 Å². The molecule has 0 heterocycles. The van der Waals surface area contributed by atoms with Crippen molar-refractivity contribution in [1.82, 2.24) is 10.6 Å². The highest BCUT2D eigenvalue weighted by molar-refractivity contribution is 6.33. The number of para-hydroxylation sites is 1. The number of amides is 2. The Morgan fingerprint density at radius 2 is 1.77 bits per heavy atom. The third kappa shape index (κ3) is 5.42. The summed E-state index contributed by atoms with van der Waals surface area (Å²) in [4.78, 5) is 24.3. The second-order valence-electron chi connectivity index (χ2n) is 5.38. The molecular weight excluding hydrogens is 366 g/mol. The average Bonchev–Trinajstić information content (AvgIpc) is 2.60. The van der Waals surface area contributed by atoms with Crippen molar-refractivity contribution in [2.24, 2.45) is 0 Å². The van der Waals surface area contributed by atoms with Crippen LogP contribution in [0.5, 0.6) is 5.75 Å². The van der Waals surface area contributed by atoms with E-state index < -0.39 is 24.5 Å². The molecule has 2 amide bonds. The maximum Gasteiger partial charge on any atom is 0.387 e. The van der Waals surface area contributed by atoms with Gasteiger partial charge in [0.1, 0.15) is 11.8 Å². The number of carbonyl (C=O) groups excluding carboxylic acids is 2. The van der Waals surface area contributed by atoms with Crippen molar-refractivity contribution in [3.63, 3.8) is 0 Å². The smallest absolute Gasteiger partial charge is 0.387 e. The lowest BCUT2D eigenvalue weighted by Crippen LogP contribution is -2.44. The molecule has 0 radical (unpaired) electrons. The standard InChI is InChI=1S/C18H17ClF2N2O3/c1-11(23-17(25)13-7-3-4-8-14(13)19)16(24)22-10-12-6-2-5-9-15(12)26-18(20)21/h2-9,11,18H,10H2,1H3,(H,22,24)(H,23,25)/t11-/m1/s1. The van der Waals surface area contributed by atoms with Gasteiger partial charge in [0.25, 0.3) is 5.91 Å². The van der Waals surface area contributed by atoms with E-state index in [-0.39, 0.29) is 22.9 Å². The minimum Gasteiger partial charge on any atom is -0.434 e. The van der Waals surface area contributed by atoms with Crippen LogP contribution in [0.1, 0.15) is 22.8 Å². The largest absolute Gasteiger partial charge is 0.434 e. The summed E-state index contributed by atoms with van der Waals surface area (Å²) in [6.07, 6.45) is 0. The summed E-state index contributed by atoms with van der Waals surface area (Å²) in [5, 5.41) is 5.38. The summed E-state index contributed by atoms with van der Waals surface area (Å²) in [6, 6.07) is 11.8. The number of hydrogen-bond donors (Lipinski definition) is 2. The highest BCUT2D eigenvalue weighted by Gasteiger charge is 2.18. The first-order valence-electron chi connectivity index (χ1n) is 7.74. The lowest BCUT2D eigenvalue weighted by atomic mass is 10.2. The molecule has 0 bridgehead atoms. The van der Waals surface area contributed by atoms with Crippen LogP contribution in [0.4, 0.5) is 8.78 Å². The molecule has 8 heteroatoms. The zero-order valence-electron chi connectivity index (χ0n) is 13.8. The fourth-order valence-electron chi connectivity index (χ4n) is 2.18. The summed E-state index contributed by atoms with van der Waals surface area (Å²) >= 11 is 5.95. The first-order valence-corrected chi connectivity index (χ1v) is 8.12. The number of halogens is 3. The van der Waals surface area contributed by atoms with Crippen molar-refractivity contribution in [2.45, 2.75) is 26.1 Å². The molecule has 0 spiro atoms. The molecule has 0 aliphatic heterocycles. The van der Waals surface area contributed by atoms with E-state index in [0.717, 1.165) is 0 Å². The van der Waals surface area contributed by atoms with Gasteiger partial charge in [-0.3, -0.25) is 9.59 Å². The highest BCUT2D eigenvalue weighted by atomic mass is 35.5. The van der Waals surface area contributed by atoms with E-state index in [1.807, 2.05) is 0 Å². The SMILES string of the molecule is C[C@@H](NC(=O)c1ccccc1Cl)C(=O)NCc1ccccc1OC(F)F. The summed E-state index contributed by atoms with van der Waals surface area (Å²) < 4.78 is 29.2. The van der Waals surface area contributed by atoms with Gasteiger partial charge in [-0.15, -0.1) is 0 Å². The van der Waals surface area contributed by atoms with Gasteiger partial charge in [-0.1, -0.05) is 41.9 Å². The molecule has 2 aromatic rings. The number of carbonyl (C=O) groups is 2. The average molecular weight is 383 g/mol. The van der Waals surface area contributed by atoms with Gasteiger partial charge < -0.3 is 15.4 Å². The van der Waals surface area contributed by atoms with Crippen molar-refractivity contribution < 1.29 is 23.1 Å². The Morgan fingerprint density at radius 3 is 2.46 bits per heavy atom. The Labute approximate surface area is 154 Å². The summed E-state index contributed by atoms with van der Waals surface area (Å²) in [5.74, 6) is -0.979. The van der Waals surface area contributed by atoms with Crippen LogP contribution < -0.4 is 15.4 Å². The topological polar surface area (TPSA) is 67.4 Å². The van der Waals surface area contributed by atoms with Crippen molar-refractivity contribution >= 4 is 23.4 Å². The molecule has 0 aliphatic rings. The Balaban J connectivity index is 1.94. The van der Waals surface area contributed by atoms with Gasteiger partial charge in [-0.25, -0.2) is 0 Å². The van der Waals surface area contributed by atoms with E-state index in [0.29, 0.717) is 5.56 Å². The molecule has 0 aliphatic carbocycles. The number of hydrogen-bond acceptors (Lipinski definition) is 3. The van der Waals surface area contributed by atoms with Gasteiger partial charge in [0.15, 0.2) is 0 Å². The fraction of sp³-hybridized carbons (Fsp3) is 0.222. The van der Waals surface area contributed by atoms with Gasteiger partial charge in [0.05, 0.1) is 10.6 Å². The van der Waals surface area contributed by atoms with Crippen LogP contribution in [0.3, 0.4) is 0 Å². The van der Waals surface area contributed by atoms with Gasteiger partial charge in [-0.05, 0) is 25.1 Å². The van der Waals surface area contributed by atoms with Crippen LogP contribution in [0, 0.1) is 0 Å². The molecule has 138 valence electrons. The normalized spacial score (nSPS) is 11.7. The minimum atomic E-state index is -2.96. The maximum atomic E-state index is 12.4. The lowest BCUT2D eigenvalue weighted by molar-refractivity contribution is -0.122. The predicted molar refractivity (Wildman–Crippen MR) is 93.3 cm³/mol. The van der Waals surface area contributed by atoms with E-state index >= 15 is 0 Å². The quantitative estimate of drug-likeness (QED) is 0.771. The summed E-state index contributed by atoms with van der Waals surface area (Å²) in [7, 11) is 0. The summed E-state index contributed by atoms with van der Waals surface area (Å²) in [6.45, 7) is -1.47. The highest BCUT2D eigenvalue weighted by Crippen LogP contribution is 2.20. The molecule has 2 N–H and O–H groups in total. The second kappa shape index (κ2) is 9.15. The van der Waals surface area contributed by atoms with Gasteiger partial charge in [0, 0.05) is 12.1 Å². The minimum absolute atomic E-state index is 0.0180. The van der Waals surface area contributed by atoms with Crippen molar-refractivity contribution in [3.05, 3.63) is 64.7 Å². The van der Waals surface area contributed by atoms with Crippen LogP contribution in [0.15, 0.2) is 48.5 Å². The molecule has 26 heavy (non-hydrogen) atoms. The Morgan fingerprint density at radius 1 is 1.12 bits per heavy atom. The van der Waals surface area contributed by atoms with Gasteiger partial charge in [-0.2, -0.15) is 8.78 Å². The molecule has 0 unspecified atom stereocenters. The molecule has 1 atom stereocenters. The number of alkyl halides is 2. The van der Waals surface area contributed by atoms with Crippen LogP contribution in [-0.2, 0) is 11.3 Å². The molecule has 5 nitrogen and oxygen atoms in total. The van der Waals surface area contributed by atoms with E-state index in [4.69, 9.17) is 11.6 Å². The molecule has 0 saturated heterocycles. The number of ether oxygens (including phenoxy) is 1. The molecular formula is C18H17ClF2N2O3. The van der Waals surface area contributed by atoms with E-state index in [2.05, 4.69) is 15.4 Å². The van der Waals surface area contributed by atoms with Crippen molar-refractivity contribution in [3.8, 4) is 5.75 Å². The van der Waals surface area contributed by atoms with E-state index in [1.54, 1.807) is 42.5 Å². The third-order valence-electron chi connectivity index (χ3n) is 3.50. The predicted octanol–water partition coefficient (Wildman–Crippen LogP) is 3.38. The first kappa shape index (κ1) is 19.7.